The van der Waals surface area contributed by atoms with E-state index in [1.54, 1.807) is 12.5 Å². The number of furan rings is 1. The predicted molar refractivity (Wildman–Crippen MR) is 81.6 cm³/mol. The van der Waals surface area contributed by atoms with Crippen LogP contribution in [0.25, 0.3) is 28.4 Å². The Morgan fingerprint density at radius 2 is 2.00 bits per heavy atom. The maximum absolute atomic E-state index is 6.11. The van der Waals surface area contributed by atoms with Gasteiger partial charge in [-0.05, 0) is 42.5 Å². The molecule has 0 amide bonds. The van der Waals surface area contributed by atoms with E-state index >= 15 is 0 Å². The SMILES string of the molecule is Clc1cccc(-n2c(-c3ccco3)nc3cccnc32)c1. The smallest absolute Gasteiger partial charge is 0.183 e. The average molecular weight is 296 g/mol. The second-order valence-electron chi connectivity index (χ2n) is 4.57. The summed E-state index contributed by atoms with van der Waals surface area (Å²) in [6, 6.07) is 15.1. The molecule has 0 aliphatic rings. The summed E-state index contributed by atoms with van der Waals surface area (Å²) >= 11 is 6.11. The quantitative estimate of drug-likeness (QED) is 0.553. The molecule has 0 spiro atoms. The van der Waals surface area contributed by atoms with Crippen LogP contribution in [0.3, 0.4) is 0 Å². The maximum atomic E-state index is 6.11. The lowest BCUT2D eigenvalue weighted by molar-refractivity contribution is 0.576. The largest absolute Gasteiger partial charge is 0.461 e. The zero-order chi connectivity index (χ0) is 14.2. The molecule has 0 radical (unpaired) electrons. The topological polar surface area (TPSA) is 43.9 Å². The van der Waals surface area contributed by atoms with Crippen LogP contribution in [0, 0.1) is 0 Å². The number of rotatable bonds is 2. The molecule has 102 valence electrons. The van der Waals surface area contributed by atoms with E-state index in [0.29, 0.717) is 16.6 Å². The van der Waals surface area contributed by atoms with E-state index in [9.17, 15) is 0 Å². The number of hydrogen-bond acceptors (Lipinski definition) is 3. The van der Waals surface area contributed by atoms with Crippen molar-refractivity contribution in [3.8, 4) is 17.3 Å². The highest BCUT2D eigenvalue weighted by Crippen LogP contribution is 2.28. The van der Waals surface area contributed by atoms with Crippen LogP contribution in [0.5, 0.6) is 0 Å². The van der Waals surface area contributed by atoms with Crippen molar-refractivity contribution in [1.29, 1.82) is 0 Å². The van der Waals surface area contributed by atoms with Gasteiger partial charge < -0.3 is 4.42 Å². The molecule has 1 aromatic carbocycles. The van der Waals surface area contributed by atoms with Crippen LogP contribution in [0.15, 0.2) is 65.4 Å². The van der Waals surface area contributed by atoms with Crippen LogP contribution in [-0.2, 0) is 0 Å². The van der Waals surface area contributed by atoms with Gasteiger partial charge in [0.25, 0.3) is 0 Å². The van der Waals surface area contributed by atoms with E-state index in [0.717, 1.165) is 16.9 Å². The second kappa shape index (κ2) is 4.75. The molecule has 0 unspecified atom stereocenters. The monoisotopic (exact) mass is 295 g/mol. The van der Waals surface area contributed by atoms with E-state index in [4.69, 9.17) is 16.0 Å². The highest BCUT2D eigenvalue weighted by atomic mass is 35.5. The first-order valence-electron chi connectivity index (χ1n) is 6.46. The van der Waals surface area contributed by atoms with Gasteiger partial charge in [-0.2, -0.15) is 0 Å². The first-order chi connectivity index (χ1) is 10.3. The van der Waals surface area contributed by atoms with Gasteiger partial charge in [-0.25, -0.2) is 9.97 Å². The molecule has 3 heterocycles. The molecule has 0 saturated carbocycles. The molecule has 0 atom stereocenters. The summed E-state index contributed by atoms with van der Waals surface area (Å²) < 4.78 is 7.44. The minimum absolute atomic E-state index is 0.663. The Labute approximate surface area is 125 Å². The lowest BCUT2D eigenvalue weighted by Crippen LogP contribution is -1.97. The normalized spacial score (nSPS) is 11.1. The molecule has 0 aliphatic carbocycles. The zero-order valence-electron chi connectivity index (χ0n) is 10.9. The fourth-order valence-electron chi connectivity index (χ4n) is 2.34. The second-order valence-corrected chi connectivity index (χ2v) is 5.01. The summed E-state index contributed by atoms with van der Waals surface area (Å²) in [5, 5.41) is 0.663. The molecule has 0 N–H and O–H groups in total. The van der Waals surface area contributed by atoms with Gasteiger partial charge in [0.1, 0.15) is 5.52 Å². The molecule has 0 fully saturated rings. The van der Waals surface area contributed by atoms with Crippen molar-refractivity contribution >= 4 is 22.8 Å². The number of aromatic nitrogens is 3. The Morgan fingerprint density at radius 3 is 2.81 bits per heavy atom. The van der Waals surface area contributed by atoms with Gasteiger partial charge in [0.15, 0.2) is 17.2 Å². The van der Waals surface area contributed by atoms with E-state index in [-0.39, 0.29) is 0 Å². The van der Waals surface area contributed by atoms with Crippen molar-refractivity contribution in [3.63, 3.8) is 0 Å². The van der Waals surface area contributed by atoms with Crippen molar-refractivity contribution in [2.75, 3.05) is 0 Å². The summed E-state index contributed by atoms with van der Waals surface area (Å²) in [7, 11) is 0. The Balaban J connectivity index is 2.08. The Kier molecular flexibility index (Phi) is 2.75. The van der Waals surface area contributed by atoms with Crippen LogP contribution in [0.4, 0.5) is 0 Å². The van der Waals surface area contributed by atoms with E-state index in [1.807, 2.05) is 53.1 Å². The first-order valence-corrected chi connectivity index (χ1v) is 6.84. The van der Waals surface area contributed by atoms with Crippen LogP contribution in [-0.4, -0.2) is 14.5 Å². The highest BCUT2D eigenvalue weighted by Gasteiger charge is 2.16. The molecule has 4 nitrogen and oxygen atoms in total. The number of pyridine rings is 1. The van der Waals surface area contributed by atoms with Gasteiger partial charge in [-0.1, -0.05) is 17.7 Å². The molecule has 21 heavy (non-hydrogen) atoms. The van der Waals surface area contributed by atoms with Crippen molar-refractivity contribution in [3.05, 3.63) is 66.0 Å². The standard InChI is InChI=1S/C16H10ClN3O/c17-11-4-1-5-12(10-11)20-15-13(6-2-8-18-15)19-16(20)14-7-3-9-21-14/h1-10H. The van der Waals surface area contributed by atoms with Crippen LogP contribution in [0.2, 0.25) is 5.02 Å². The minimum Gasteiger partial charge on any atom is -0.461 e. The number of halogens is 1. The van der Waals surface area contributed by atoms with Crippen molar-refractivity contribution in [1.82, 2.24) is 14.5 Å². The number of fused-ring (bicyclic) bond motifs is 1. The van der Waals surface area contributed by atoms with E-state index in [1.165, 1.54) is 0 Å². The van der Waals surface area contributed by atoms with Gasteiger partial charge in [-0.3, -0.25) is 4.57 Å². The molecule has 4 rings (SSSR count). The molecule has 0 bridgehead atoms. The summed E-state index contributed by atoms with van der Waals surface area (Å²) in [6.45, 7) is 0. The number of imidazole rings is 1. The number of hydrogen-bond donors (Lipinski definition) is 0. The molecule has 4 aromatic rings. The molecule has 0 aliphatic heterocycles. The molecule has 3 aromatic heterocycles. The highest BCUT2D eigenvalue weighted by molar-refractivity contribution is 6.30. The third-order valence-corrected chi connectivity index (χ3v) is 3.46. The van der Waals surface area contributed by atoms with E-state index < -0.39 is 0 Å². The Hall–Kier alpha value is -2.59. The van der Waals surface area contributed by atoms with Gasteiger partial charge >= 0.3 is 0 Å². The third kappa shape index (κ3) is 2.00. The molecular weight excluding hydrogens is 286 g/mol. The summed E-state index contributed by atoms with van der Waals surface area (Å²) in [4.78, 5) is 9.06. The molecule has 5 heteroatoms. The van der Waals surface area contributed by atoms with Crippen LogP contribution >= 0.6 is 11.6 Å². The average Bonchev–Trinajstić information content (AvgIpc) is 3.14. The predicted octanol–water partition coefficient (Wildman–Crippen LogP) is 4.33. The van der Waals surface area contributed by atoms with Gasteiger partial charge in [0, 0.05) is 11.2 Å². The maximum Gasteiger partial charge on any atom is 0.183 e. The van der Waals surface area contributed by atoms with Gasteiger partial charge in [-0.15, -0.1) is 0 Å². The summed E-state index contributed by atoms with van der Waals surface area (Å²) in [5.74, 6) is 1.39. The fraction of sp³-hybridized carbons (Fsp3) is 0. The van der Waals surface area contributed by atoms with Crippen molar-refractivity contribution < 1.29 is 4.42 Å². The van der Waals surface area contributed by atoms with Crippen molar-refractivity contribution in [2.24, 2.45) is 0 Å². The third-order valence-electron chi connectivity index (χ3n) is 3.22. The molecule has 0 saturated heterocycles. The minimum atomic E-state index is 0.663. The van der Waals surface area contributed by atoms with Crippen LogP contribution < -0.4 is 0 Å². The Bertz CT molecular complexity index is 912. The lowest BCUT2D eigenvalue weighted by Gasteiger charge is -2.07. The molecular formula is C16H10ClN3O. The van der Waals surface area contributed by atoms with Gasteiger partial charge in [0.05, 0.1) is 12.0 Å². The summed E-state index contributed by atoms with van der Waals surface area (Å²) in [6.07, 6.45) is 3.38. The summed E-state index contributed by atoms with van der Waals surface area (Å²) in [5.41, 5.74) is 2.48. The van der Waals surface area contributed by atoms with Gasteiger partial charge in [0.2, 0.25) is 0 Å². The number of benzene rings is 1. The van der Waals surface area contributed by atoms with Crippen molar-refractivity contribution in [2.45, 2.75) is 0 Å². The first kappa shape index (κ1) is 12.2. The zero-order valence-corrected chi connectivity index (χ0v) is 11.7. The fourth-order valence-corrected chi connectivity index (χ4v) is 2.53. The lowest BCUT2D eigenvalue weighted by atomic mass is 10.3. The van der Waals surface area contributed by atoms with E-state index in [2.05, 4.69) is 9.97 Å². The van der Waals surface area contributed by atoms with Crippen LogP contribution in [0.1, 0.15) is 0 Å². The Morgan fingerprint density at radius 1 is 1.05 bits per heavy atom. The number of nitrogens with zero attached hydrogens (tertiary/aromatic N) is 3.